The maximum atomic E-state index is 12.7. The van der Waals surface area contributed by atoms with E-state index in [1.165, 1.54) is 31.4 Å². The Labute approximate surface area is 282 Å². The number of hydrogen-bond acceptors (Lipinski definition) is 7. The van der Waals surface area contributed by atoms with Crippen molar-refractivity contribution in [2.45, 2.75) is 56.5 Å². The van der Waals surface area contributed by atoms with E-state index in [2.05, 4.69) is 4.74 Å². The predicted molar refractivity (Wildman–Crippen MR) is 173 cm³/mol. The van der Waals surface area contributed by atoms with Gasteiger partial charge in [0.05, 0.1) is 32.5 Å². The van der Waals surface area contributed by atoms with Gasteiger partial charge in [0.15, 0.2) is 0 Å². The fraction of sp³-hybridized carbons (Fsp3) is 0.351. The highest BCUT2D eigenvalue weighted by atomic mass is 35.5. The average Bonchev–Trinajstić information content (AvgIpc) is 3.09. The molecule has 0 saturated carbocycles. The molecule has 256 valence electrons. The highest BCUT2D eigenvalue weighted by molar-refractivity contribution is 6.31. The second kappa shape index (κ2) is 15.4. The van der Waals surface area contributed by atoms with Crippen LogP contribution in [-0.2, 0) is 44.4 Å². The Kier molecular flexibility index (Phi) is 11.5. The lowest BCUT2D eigenvalue weighted by Crippen LogP contribution is -2.69. The lowest BCUT2D eigenvalue weighted by Gasteiger charge is -2.56. The van der Waals surface area contributed by atoms with E-state index in [-0.39, 0.29) is 25.4 Å². The third-order valence-electron chi connectivity index (χ3n) is 8.75. The molecule has 7 nitrogen and oxygen atoms in total. The normalized spacial score (nSPS) is 22.4. The number of ether oxygens (including phenoxy) is 5. The molecule has 1 aliphatic rings. The van der Waals surface area contributed by atoms with Gasteiger partial charge in [-0.15, -0.1) is 13.2 Å². The van der Waals surface area contributed by atoms with Gasteiger partial charge in [0, 0.05) is 23.6 Å². The zero-order chi connectivity index (χ0) is 34.4. The van der Waals surface area contributed by atoms with Crippen molar-refractivity contribution in [2.24, 2.45) is 5.92 Å². The Bertz CT molecular complexity index is 1600. The van der Waals surface area contributed by atoms with Crippen molar-refractivity contribution in [2.75, 3.05) is 20.3 Å². The number of alkyl halides is 3. The molecule has 0 radical (unpaired) electrons. The van der Waals surface area contributed by atoms with E-state index < -0.39 is 49.1 Å². The standard InChI is InChI=1S/C37H38ClF3O7/c1-25-33(45-21-27-9-5-3-6-10-27)34(46-22-28-11-7-4-8-12-28)36(44-2,48-35(25,23-42)24-43)30-15-18-32(38)29(20-30)19-26-13-16-31(17-14-26)47-37(39,40)41/h3-18,20,25,33-34,42-43H,19,21-24H2,1-2H3/t25-,33-,34+,36-/m0/s1. The number of aliphatic hydroxyl groups is 2. The van der Waals surface area contributed by atoms with Crippen LogP contribution in [-0.4, -0.2) is 54.7 Å². The van der Waals surface area contributed by atoms with Gasteiger partial charge in [0.25, 0.3) is 0 Å². The van der Waals surface area contributed by atoms with Crippen LogP contribution in [0, 0.1) is 5.92 Å². The second-order valence-electron chi connectivity index (χ2n) is 11.8. The molecule has 1 heterocycles. The summed E-state index contributed by atoms with van der Waals surface area (Å²) in [7, 11) is 1.45. The second-order valence-corrected chi connectivity index (χ2v) is 12.2. The lowest BCUT2D eigenvalue weighted by molar-refractivity contribution is -0.404. The maximum absolute atomic E-state index is 12.7. The Balaban J connectivity index is 1.56. The minimum atomic E-state index is -4.80. The molecule has 4 atom stereocenters. The minimum Gasteiger partial charge on any atom is -0.406 e. The van der Waals surface area contributed by atoms with Gasteiger partial charge in [-0.25, -0.2) is 0 Å². The monoisotopic (exact) mass is 686 g/mol. The van der Waals surface area contributed by atoms with E-state index in [0.29, 0.717) is 21.7 Å². The number of methoxy groups -OCH3 is 1. The van der Waals surface area contributed by atoms with E-state index in [0.717, 1.165) is 11.1 Å². The Morgan fingerprint density at radius 2 is 1.38 bits per heavy atom. The molecule has 4 aromatic rings. The van der Waals surface area contributed by atoms with Gasteiger partial charge in [-0.1, -0.05) is 97.4 Å². The summed E-state index contributed by atoms with van der Waals surface area (Å²) in [5, 5.41) is 21.9. The number of hydrogen-bond donors (Lipinski definition) is 2. The molecule has 4 aromatic carbocycles. The third kappa shape index (κ3) is 8.03. The van der Waals surface area contributed by atoms with Crippen LogP contribution in [0.5, 0.6) is 5.75 Å². The molecule has 0 spiro atoms. The molecular formula is C37H38ClF3O7. The summed E-state index contributed by atoms with van der Waals surface area (Å²) in [5.74, 6) is -2.61. The quantitative estimate of drug-likeness (QED) is 0.154. The van der Waals surface area contributed by atoms with Crippen LogP contribution in [0.2, 0.25) is 5.02 Å². The van der Waals surface area contributed by atoms with Crippen molar-refractivity contribution in [1.29, 1.82) is 0 Å². The molecular weight excluding hydrogens is 649 g/mol. The van der Waals surface area contributed by atoms with Gasteiger partial charge in [-0.3, -0.25) is 0 Å². The van der Waals surface area contributed by atoms with Crippen LogP contribution < -0.4 is 4.74 Å². The van der Waals surface area contributed by atoms with Crippen LogP contribution >= 0.6 is 11.6 Å². The van der Waals surface area contributed by atoms with E-state index in [1.807, 2.05) is 67.6 Å². The van der Waals surface area contributed by atoms with Crippen molar-refractivity contribution in [3.8, 4) is 5.75 Å². The van der Waals surface area contributed by atoms with Gasteiger partial charge < -0.3 is 33.9 Å². The largest absolute Gasteiger partial charge is 0.573 e. The number of rotatable bonds is 13. The van der Waals surface area contributed by atoms with E-state index in [1.54, 1.807) is 18.2 Å². The SMILES string of the molecule is CO[C@@]1(c2ccc(Cl)c(Cc3ccc(OC(F)(F)F)cc3)c2)OC(CO)(CO)[C@@H](C)[C@H](OCc2ccccc2)[C@H]1OCc1ccccc1. The lowest BCUT2D eigenvalue weighted by atomic mass is 9.75. The maximum Gasteiger partial charge on any atom is 0.573 e. The van der Waals surface area contributed by atoms with E-state index in [9.17, 15) is 23.4 Å². The van der Waals surface area contributed by atoms with Gasteiger partial charge >= 0.3 is 6.36 Å². The summed E-state index contributed by atoms with van der Waals surface area (Å²) in [6, 6.07) is 29.9. The highest BCUT2D eigenvalue weighted by Gasteiger charge is 2.62. The van der Waals surface area contributed by atoms with Gasteiger partial charge in [-0.2, -0.15) is 0 Å². The smallest absolute Gasteiger partial charge is 0.406 e. The topological polar surface area (TPSA) is 86.6 Å². The molecule has 2 N–H and O–H groups in total. The first kappa shape index (κ1) is 35.8. The molecule has 11 heteroatoms. The van der Waals surface area contributed by atoms with Gasteiger partial charge in [0.2, 0.25) is 5.79 Å². The summed E-state index contributed by atoms with van der Waals surface area (Å²) >= 11 is 6.66. The van der Waals surface area contributed by atoms with Crippen molar-refractivity contribution in [1.82, 2.24) is 0 Å². The molecule has 0 unspecified atom stereocenters. The van der Waals surface area contributed by atoms with Crippen LogP contribution in [0.1, 0.15) is 34.7 Å². The van der Waals surface area contributed by atoms with Crippen molar-refractivity contribution >= 4 is 11.6 Å². The fourth-order valence-electron chi connectivity index (χ4n) is 6.05. The highest BCUT2D eigenvalue weighted by Crippen LogP contribution is 2.49. The van der Waals surface area contributed by atoms with E-state index in [4.69, 9.17) is 30.5 Å². The van der Waals surface area contributed by atoms with Gasteiger partial charge in [-0.05, 0) is 52.9 Å². The van der Waals surface area contributed by atoms with Crippen molar-refractivity contribution in [3.05, 3.63) is 136 Å². The Hall–Kier alpha value is -3.48. The molecule has 0 amide bonds. The van der Waals surface area contributed by atoms with Gasteiger partial charge in [0.1, 0.15) is 17.5 Å². The summed E-state index contributed by atoms with van der Waals surface area (Å²) in [4.78, 5) is 0. The molecule has 1 saturated heterocycles. The van der Waals surface area contributed by atoms with Crippen LogP contribution in [0.4, 0.5) is 13.2 Å². The summed E-state index contributed by atoms with van der Waals surface area (Å²) < 4.78 is 68.3. The van der Waals surface area contributed by atoms with E-state index >= 15 is 0 Å². The first-order chi connectivity index (χ1) is 23.0. The van der Waals surface area contributed by atoms with Crippen molar-refractivity contribution in [3.63, 3.8) is 0 Å². The van der Waals surface area contributed by atoms with Crippen LogP contribution in [0.3, 0.4) is 0 Å². The molecule has 0 aliphatic carbocycles. The summed E-state index contributed by atoms with van der Waals surface area (Å²) in [5.41, 5.74) is 2.09. The zero-order valence-corrected chi connectivity index (χ0v) is 27.3. The number of halogens is 4. The molecule has 1 aliphatic heterocycles. The molecule has 1 fully saturated rings. The number of benzene rings is 4. The molecule has 48 heavy (non-hydrogen) atoms. The summed E-state index contributed by atoms with van der Waals surface area (Å²) in [6.07, 6.45) is -6.21. The number of aliphatic hydroxyl groups excluding tert-OH is 2. The molecule has 5 rings (SSSR count). The fourth-order valence-corrected chi connectivity index (χ4v) is 6.24. The zero-order valence-electron chi connectivity index (χ0n) is 26.5. The predicted octanol–water partition coefficient (Wildman–Crippen LogP) is 7.19. The summed E-state index contributed by atoms with van der Waals surface area (Å²) in [6.45, 7) is 1.14. The Morgan fingerprint density at radius 3 is 1.92 bits per heavy atom. The third-order valence-corrected chi connectivity index (χ3v) is 9.11. The first-order valence-electron chi connectivity index (χ1n) is 15.4. The molecule has 0 aromatic heterocycles. The Morgan fingerprint density at radius 1 is 0.792 bits per heavy atom. The van der Waals surface area contributed by atoms with Crippen molar-refractivity contribution < 1.29 is 47.1 Å². The van der Waals surface area contributed by atoms with Crippen LogP contribution in [0.25, 0.3) is 0 Å². The van der Waals surface area contributed by atoms with Crippen LogP contribution in [0.15, 0.2) is 103 Å². The first-order valence-corrected chi connectivity index (χ1v) is 15.8. The average molecular weight is 687 g/mol. The minimum absolute atomic E-state index is 0.177. The molecule has 0 bridgehead atoms.